The standard InChI is InChI=1S/C19H21NO/c21-14-9-11-20(12-10-14)13-19-17-7-3-1-5-15(17)16-6-2-4-8-18(16)19/h1-8,14,19,21H,9-13H2. The van der Waals surface area contributed by atoms with E-state index in [-0.39, 0.29) is 6.10 Å². The molecule has 0 aromatic heterocycles. The molecular formula is C19H21NO. The number of aliphatic hydroxyl groups excluding tert-OH is 1. The normalized spacial score (nSPS) is 19.5. The molecule has 108 valence electrons. The molecule has 1 heterocycles. The Morgan fingerprint density at radius 1 is 0.857 bits per heavy atom. The van der Waals surface area contributed by atoms with Gasteiger partial charge in [0.1, 0.15) is 0 Å². The summed E-state index contributed by atoms with van der Waals surface area (Å²) in [6.07, 6.45) is 1.73. The van der Waals surface area contributed by atoms with Crippen LogP contribution >= 0.6 is 0 Å². The summed E-state index contributed by atoms with van der Waals surface area (Å²) in [5, 5.41) is 9.68. The highest BCUT2D eigenvalue weighted by Gasteiger charge is 2.30. The zero-order chi connectivity index (χ0) is 14.2. The van der Waals surface area contributed by atoms with Gasteiger partial charge in [0.05, 0.1) is 6.10 Å². The lowest BCUT2D eigenvalue weighted by Gasteiger charge is -2.32. The maximum Gasteiger partial charge on any atom is 0.0564 e. The summed E-state index contributed by atoms with van der Waals surface area (Å²) < 4.78 is 0. The van der Waals surface area contributed by atoms with Crippen LogP contribution in [0.2, 0.25) is 0 Å². The molecule has 1 aliphatic carbocycles. The van der Waals surface area contributed by atoms with E-state index in [9.17, 15) is 5.11 Å². The lowest BCUT2D eigenvalue weighted by molar-refractivity contribution is 0.0813. The van der Waals surface area contributed by atoms with Crippen molar-refractivity contribution in [2.45, 2.75) is 24.9 Å². The second-order valence-electron chi connectivity index (χ2n) is 6.26. The van der Waals surface area contributed by atoms with Crippen LogP contribution in [0.1, 0.15) is 29.9 Å². The number of piperidine rings is 1. The average Bonchev–Trinajstić information content (AvgIpc) is 2.85. The topological polar surface area (TPSA) is 23.5 Å². The monoisotopic (exact) mass is 279 g/mol. The number of nitrogens with zero attached hydrogens (tertiary/aromatic N) is 1. The average molecular weight is 279 g/mol. The van der Waals surface area contributed by atoms with Crippen LogP contribution in [-0.2, 0) is 0 Å². The van der Waals surface area contributed by atoms with Gasteiger partial charge in [-0.05, 0) is 35.1 Å². The summed E-state index contributed by atoms with van der Waals surface area (Å²) >= 11 is 0. The molecule has 4 rings (SSSR count). The predicted octanol–water partition coefficient (Wildman–Crippen LogP) is 3.26. The number of hydrogen-bond donors (Lipinski definition) is 1. The van der Waals surface area contributed by atoms with Crippen molar-refractivity contribution in [3.05, 3.63) is 59.7 Å². The van der Waals surface area contributed by atoms with Gasteiger partial charge in [-0.3, -0.25) is 0 Å². The molecule has 0 spiro atoms. The third-order valence-electron chi connectivity index (χ3n) is 4.96. The Morgan fingerprint density at radius 3 is 1.95 bits per heavy atom. The molecule has 1 fully saturated rings. The van der Waals surface area contributed by atoms with E-state index in [2.05, 4.69) is 53.4 Å². The van der Waals surface area contributed by atoms with Crippen LogP contribution in [0, 0.1) is 0 Å². The fourth-order valence-electron chi connectivity index (χ4n) is 3.82. The molecule has 0 atom stereocenters. The van der Waals surface area contributed by atoms with E-state index in [0.29, 0.717) is 5.92 Å². The molecule has 2 nitrogen and oxygen atoms in total. The molecule has 1 N–H and O–H groups in total. The van der Waals surface area contributed by atoms with Crippen LogP contribution in [0.4, 0.5) is 0 Å². The van der Waals surface area contributed by atoms with Crippen LogP contribution in [0.15, 0.2) is 48.5 Å². The number of fused-ring (bicyclic) bond motifs is 3. The van der Waals surface area contributed by atoms with E-state index < -0.39 is 0 Å². The van der Waals surface area contributed by atoms with Gasteiger partial charge in [0.25, 0.3) is 0 Å². The first-order chi connectivity index (χ1) is 10.3. The first-order valence-corrected chi connectivity index (χ1v) is 7.91. The number of hydrogen-bond acceptors (Lipinski definition) is 2. The molecule has 2 heteroatoms. The second-order valence-corrected chi connectivity index (χ2v) is 6.26. The predicted molar refractivity (Wildman–Crippen MR) is 85.4 cm³/mol. The van der Waals surface area contributed by atoms with Crippen molar-refractivity contribution in [1.82, 2.24) is 4.90 Å². The van der Waals surface area contributed by atoms with E-state index in [1.54, 1.807) is 0 Å². The minimum Gasteiger partial charge on any atom is -0.393 e. The Kier molecular flexibility index (Phi) is 3.28. The van der Waals surface area contributed by atoms with Crippen LogP contribution in [0.5, 0.6) is 0 Å². The van der Waals surface area contributed by atoms with Gasteiger partial charge in [-0.2, -0.15) is 0 Å². The van der Waals surface area contributed by atoms with Gasteiger partial charge in [0.2, 0.25) is 0 Å². The first-order valence-electron chi connectivity index (χ1n) is 7.91. The van der Waals surface area contributed by atoms with Crippen LogP contribution in [0.3, 0.4) is 0 Å². The maximum atomic E-state index is 9.68. The van der Waals surface area contributed by atoms with Gasteiger partial charge in [-0.1, -0.05) is 48.5 Å². The second kappa shape index (κ2) is 5.28. The van der Waals surface area contributed by atoms with Crippen LogP contribution < -0.4 is 0 Å². The van der Waals surface area contributed by atoms with Gasteiger partial charge >= 0.3 is 0 Å². The number of likely N-dealkylation sites (tertiary alicyclic amines) is 1. The van der Waals surface area contributed by atoms with Crippen molar-refractivity contribution < 1.29 is 5.11 Å². The van der Waals surface area contributed by atoms with Gasteiger partial charge in [0.15, 0.2) is 0 Å². The largest absolute Gasteiger partial charge is 0.393 e. The van der Waals surface area contributed by atoms with E-state index >= 15 is 0 Å². The van der Waals surface area contributed by atoms with Crippen molar-refractivity contribution in [1.29, 1.82) is 0 Å². The molecule has 21 heavy (non-hydrogen) atoms. The lowest BCUT2D eigenvalue weighted by Crippen LogP contribution is -2.38. The number of aliphatic hydroxyl groups is 1. The van der Waals surface area contributed by atoms with E-state index in [1.807, 2.05) is 0 Å². The highest BCUT2D eigenvalue weighted by atomic mass is 16.3. The van der Waals surface area contributed by atoms with Crippen molar-refractivity contribution in [3.63, 3.8) is 0 Å². The summed E-state index contributed by atoms with van der Waals surface area (Å²) in [6.45, 7) is 3.10. The van der Waals surface area contributed by atoms with Gasteiger partial charge in [0, 0.05) is 25.6 Å². The molecule has 2 aromatic rings. The summed E-state index contributed by atoms with van der Waals surface area (Å²) in [5.41, 5.74) is 5.72. The van der Waals surface area contributed by atoms with Gasteiger partial charge in [-0.25, -0.2) is 0 Å². The fourth-order valence-corrected chi connectivity index (χ4v) is 3.82. The quantitative estimate of drug-likeness (QED) is 0.912. The smallest absolute Gasteiger partial charge is 0.0564 e. The minimum atomic E-state index is -0.0931. The zero-order valence-electron chi connectivity index (χ0n) is 12.2. The Hall–Kier alpha value is -1.64. The molecular weight excluding hydrogens is 258 g/mol. The molecule has 2 aromatic carbocycles. The SMILES string of the molecule is OC1CCN(CC2c3ccccc3-c3ccccc32)CC1. The zero-order valence-corrected chi connectivity index (χ0v) is 12.2. The van der Waals surface area contributed by atoms with E-state index in [0.717, 1.165) is 32.5 Å². The fraction of sp³-hybridized carbons (Fsp3) is 0.368. The van der Waals surface area contributed by atoms with Gasteiger partial charge in [-0.15, -0.1) is 0 Å². The molecule has 1 saturated heterocycles. The third kappa shape index (κ3) is 2.29. The Bertz CT molecular complexity index is 598. The first kappa shape index (κ1) is 13.1. The molecule has 0 amide bonds. The summed E-state index contributed by atoms with van der Waals surface area (Å²) in [4.78, 5) is 2.51. The summed E-state index contributed by atoms with van der Waals surface area (Å²) in [6, 6.07) is 17.6. The Labute approximate surface area is 126 Å². The van der Waals surface area contributed by atoms with Crippen LogP contribution in [0.25, 0.3) is 11.1 Å². The van der Waals surface area contributed by atoms with Crippen molar-refractivity contribution >= 4 is 0 Å². The van der Waals surface area contributed by atoms with Gasteiger partial charge < -0.3 is 10.0 Å². The van der Waals surface area contributed by atoms with E-state index in [4.69, 9.17) is 0 Å². The minimum absolute atomic E-state index is 0.0931. The number of rotatable bonds is 2. The molecule has 0 saturated carbocycles. The third-order valence-corrected chi connectivity index (χ3v) is 4.96. The van der Waals surface area contributed by atoms with Crippen molar-refractivity contribution in [2.75, 3.05) is 19.6 Å². The van der Waals surface area contributed by atoms with Crippen molar-refractivity contribution in [3.8, 4) is 11.1 Å². The summed E-state index contributed by atoms with van der Waals surface area (Å²) in [5.74, 6) is 0.479. The highest BCUT2D eigenvalue weighted by molar-refractivity contribution is 5.78. The van der Waals surface area contributed by atoms with Crippen molar-refractivity contribution in [2.24, 2.45) is 0 Å². The van der Waals surface area contributed by atoms with E-state index in [1.165, 1.54) is 22.3 Å². The maximum absolute atomic E-state index is 9.68. The molecule has 0 bridgehead atoms. The molecule has 0 radical (unpaired) electrons. The highest BCUT2D eigenvalue weighted by Crippen LogP contribution is 2.44. The van der Waals surface area contributed by atoms with Crippen LogP contribution in [-0.4, -0.2) is 35.7 Å². The number of benzene rings is 2. The Morgan fingerprint density at radius 2 is 1.38 bits per heavy atom. The molecule has 1 aliphatic heterocycles. The summed E-state index contributed by atoms with van der Waals surface area (Å²) in [7, 11) is 0. The Balaban J connectivity index is 1.66. The molecule has 0 unspecified atom stereocenters. The molecule has 2 aliphatic rings. The lowest BCUT2D eigenvalue weighted by atomic mass is 9.95.